The topological polar surface area (TPSA) is 64.4 Å². The third-order valence-corrected chi connectivity index (χ3v) is 9.01. The quantitative estimate of drug-likeness (QED) is 0.508. The van der Waals surface area contributed by atoms with Crippen LogP contribution in [0.4, 0.5) is 0 Å². The first-order valence-corrected chi connectivity index (χ1v) is 12.9. The SMILES string of the molecule is CN1[C@@H]2CC[C@H]1CC(Oc1ccc(-n3cnc4cc(C(=O)C5CCCC5)sc4c3=O)cc1)C2. The Morgan fingerprint density at radius 2 is 1.76 bits per heavy atom. The van der Waals surface area contributed by atoms with Gasteiger partial charge in [-0.15, -0.1) is 11.3 Å². The van der Waals surface area contributed by atoms with Gasteiger partial charge in [-0.2, -0.15) is 0 Å². The van der Waals surface area contributed by atoms with E-state index in [2.05, 4.69) is 16.9 Å². The van der Waals surface area contributed by atoms with E-state index in [1.54, 1.807) is 17.0 Å². The van der Waals surface area contributed by atoms with Gasteiger partial charge < -0.3 is 9.64 Å². The van der Waals surface area contributed by atoms with Crippen molar-refractivity contribution in [2.45, 2.75) is 69.6 Å². The first-order valence-electron chi connectivity index (χ1n) is 12.1. The summed E-state index contributed by atoms with van der Waals surface area (Å²) in [6, 6.07) is 10.8. The number of hydrogen-bond donors (Lipinski definition) is 0. The Morgan fingerprint density at radius 3 is 2.45 bits per heavy atom. The van der Waals surface area contributed by atoms with Crippen LogP contribution in [0.25, 0.3) is 15.9 Å². The zero-order chi connectivity index (χ0) is 22.5. The number of carbonyl (C=O) groups is 1. The Kier molecular flexibility index (Phi) is 5.34. The van der Waals surface area contributed by atoms with E-state index in [1.165, 1.54) is 24.2 Å². The Bertz CT molecular complexity index is 1230. The van der Waals surface area contributed by atoms with Crippen molar-refractivity contribution in [2.24, 2.45) is 5.92 Å². The van der Waals surface area contributed by atoms with Gasteiger partial charge in [-0.3, -0.25) is 14.2 Å². The van der Waals surface area contributed by atoms with Crippen LogP contribution < -0.4 is 10.3 Å². The lowest BCUT2D eigenvalue weighted by Gasteiger charge is -2.36. The van der Waals surface area contributed by atoms with E-state index in [0.717, 1.165) is 50.0 Å². The minimum absolute atomic E-state index is 0.104. The zero-order valence-electron chi connectivity index (χ0n) is 18.9. The molecule has 0 radical (unpaired) electrons. The van der Waals surface area contributed by atoms with E-state index >= 15 is 0 Å². The van der Waals surface area contributed by atoms with Crippen LogP contribution in [0.3, 0.4) is 0 Å². The number of piperidine rings is 1. The smallest absolute Gasteiger partial charge is 0.275 e. The molecule has 6 nitrogen and oxygen atoms in total. The monoisotopic (exact) mass is 463 g/mol. The van der Waals surface area contributed by atoms with Crippen LogP contribution in [0, 0.1) is 5.92 Å². The Balaban J connectivity index is 1.21. The number of carbonyl (C=O) groups excluding carboxylic acids is 1. The second-order valence-electron chi connectivity index (χ2n) is 9.85. The molecule has 7 heteroatoms. The fraction of sp³-hybridized carbons (Fsp3) is 0.500. The average molecular weight is 464 g/mol. The highest BCUT2D eigenvalue weighted by Gasteiger charge is 2.39. The summed E-state index contributed by atoms with van der Waals surface area (Å²) in [5, 5.41) is 0. The predicted octanol–water partition coefficient (Wildman–Crippen LogP) is 4.82. The van der Waals surface area contributed by atoms with E-state index in [-0.39, 0.29) is 23.4 Å². The third-order valence-electron chi connectivity index (χ3n) is 7.88. The number of fused-ring (bicyclic) bond motifs is 3. The molecule has 3 fully saturated rings. The fourth-order valence-electron chi connectivity index (χ4n) is 5.94. The molecule has 1 aliphatic carbocycles. The molecule has 3 atom stereocenters. The lowest BCUT2D eigenvalue weighted by molar-refractivity contribution is 0.0661. The van der Waals surface area contributed by atoms with Gasteiger partial charge in [0.05, 0.1) is 16.1 Å². The van der Waals surface area contributed by atoms with Crippen molar-refractivity contribution in [3.05, 3.63) is 51.9 Å². The highest BCUT2D eigenvalue weighted by molar-refractivity contribution is 7.20. The number of ketones is 1. The van der Waals surface area contributed by atoms with Gasteiger partial charge in [0.25, 0.3) is 5.56 Å². The molecular weight excluding hydrogens is 434 g/mol. The number of aromatic nitrogens is 2. The summed E-state index contributed by atoms with van der Waals surface area (Å²) < 4.78 is 8.39. The number of ether oxygens (including phenoxy) is 1. The number of hydrogen-bond acceptors (Lipinski definition) is 6. The molecule has 172 valence electrons. The molecule has 6 rings (SSSR count). The summed E-state index contributed by atoms with van der Waals surface area (Å²) in [6.45, 7) is 0. The van der Waals surface area contributed by atoms with Gasteiger partial charge in [-0.25, -0.2) is 4.98 Å². The van der Waals surface area contributed by atoms with E-state index in [1.807, 2.05) is 24.3 Å². The van der Waals surface area contributed by atoms with Crippen LogP contribution in [0.15, 0.2) is 41.5 Å². The van der Waals surface area contributed by atoms with E-state index < -0.39 is 0 Å². The first kappa shape index (κ1) is 21.1. The molecule has 0 spiro atoms. The summed E-state index contributed by atoms with van der Waals surface area (Å²) in [6.07, 6.45) is 10.7. The second-order valence-corrected chi connectivity index (χ2v) is 10.9. The summed E-state index contributed by atoms with van der Waals surface area (Å²) in [7, 11) is 2.23. The van der Waals surface area contributed by atoms with Crippen molar-refractivity contribution in [1.29, 1.82) is 0 Å². The van der Waals surface area contributed by atoms with Gasteiger partial charge in [-0.05, 0) is 75.9 Å². The average Bonchev–Trinajstić information content (AvgIpc) is 3.54. The van der Waals surface area contributed by atoms with Crippen LogP contribution in [-0.2, 0) is 0 Å². The van der Waals surface area contributed by atoms with Gasteiger partial charge in [-0.1, -0.05) is 12.8 Å². The minimum atomic E-state index is -0.129. The van der Waals surface area contributed by atoms with Crippen molar-refractivity contribution in [3.63, 3.8) is 0 Å². The maximum Gasteiger partial charge on any atom is 0.275 e. The number of rotatable bonds is 5. The highest BCUT2D eigenvalue weighted by Crippen LogP contribution is 2.36. The Hall–Kier alpha value is -2.51. The van der Waals surface area contributed by atoms with Gasteiger partial charge in [0.2, 0.25) is 0 Å². The molecule has 1 aromatic carbocycles. The molecule has 2 aliphatic heterocycles. The molecule has 3 aliphatic rings. The first-order chi connectivity index (χ1) is 16.1. The third kappa shape index (κ3) is 3.81. The molecule has 0 N–H and O–H groups in total. The predicted molar refractivity (Wildman–Crippen MR) is 130 cm³/mol. The minimum Gasteiger partial charge on any atom is -0.490 e. The summed E-state index contributed by atoms with van der Waals surface area (Å²) >= 11 is 1.29. The van der Waals surface area contributed by atoms with E-state index in [9.17, 15) is 9.59 Å². The Labute approximate surface area is 197 Å². The molecule has 2 aromatic heterocycles. The van der Waals surface area contributed by atoms with Crippen molar-refractivity contribution in [2.75, 3.05) is 7.05 Å². The molecule has 1 unspecified atom stereocenters. The van der Waals surface area contributed by atoms with Crippen molar-refractivity contribution < 1.29 is 9.53 Å². The maximum absolute atomic E-state index is 13.2. The molecule has 3 aromatic rings. The van der Waals surface area contributed by atoms with Crippen molar-refractivity contribution in [1.82, 2.24) is 14.5 Å². The summed E-state index contributed by atoms with van der Waals surface area (Å²) in [4.78, 5) is 33.6. The van der Waals surface area contributed by atoms with Crippen LogP contribution >= 0.6 is 11.3 Å². The number of thiophene rings is 1. The van der Waals surface area contributed by atoms with Gasteiger partial charge in [0.15, 0.2) is 5.78 Å². The van der Waals surface area contributed by atoms with Gasteiger partial charge in [0, 0.05) is 18.0 Å². The molecule has 2 bridgehead atoms. The number of Topliss-reactive ketones (excluding diaryl/α,β-unsaturated/α-hetero) is 1. The lowest BCUT2D eigenvalue weighted by Crippen LogP contribution is -2.43. The van der Waals surface area contributed by atoms with E-state index in [0.29, 0.717) is 27.2 Å². The largest absolute Gasteiger partial charge is 0.490 e. The standard InChI is InChI=1S/C26H29N3O3S/c1-28-18-6-7-19(28)13-21(12-18)32-20-10-8-17(9-11-20)29-15-27-22-14-23(33-25(22)26(29)31)24(30)16-4-2-3-5-16/h8-11,14-16,18-19,21H,2-7,12-13H2,1H3/t18-,19+,21?. The highest BCUT2D eigenvalue weighted by atomic mass is 32.1. The second kappa shape index (κ2) is 8.37. The molecule has 0 amide bonds. The number of nitrogens with zero attached hydrogens (tertiary/aromatic N) is 3. The summed E-state index contributed by atoms with van der Waals surface area (Å²) in [5.74, 6) is 1.12. The molecular formula is C26H29N3O3S. The Morgan fingerprint density at radius 1 is 1.06 bits per heavy atom. The molecule has 2 saturated heterocycles. The molecule has 4 heterocycles. The van der Waals surface area contributed by atoms with Crippen LogP contribution in [0.2, 0.25) is 0 Å². The lowest BCUT2D eigenvalue weighted by atomic mass is 10.0. The molecule has 33 heavy (non-hydrogen) atoms. The van der Waals surface area contributed by atoms with E-state index in [4.69, 9.17) is 4.74 Å². The van der Waals surface area contributed by atoms with Crippen LogP contribution in [0.5, 0.6) is 5.75 Å². The van der Waals surface area contributed by atoms with Gasteiger partial charge in [0.1, 0.15) is 22.9 Å². The summed E-state index contributed by atoms with van der Waals surface area (Å²) in [5.41, 5.74) is 1.23. The van der Waals surface area contributed by atoms with Crippen LogP contribution in [-0.4, -0.2) is 45.5 Å². The normalized spacial score (nSPS) is 25.7. The fourth-order valence-corrected chi connectivity index (χ4v) is 7.00. The van der Waals surface area contributed by atoms with Crippen LogP contribution in [0.1, 0.15) is 61.0 Å². The maximum atomic E-state index is 13.2. The van der Waals surface area contributed by atoms with Gasteiger partial charge >= 0.3 is 0 Å². The zero-order valence-corrected chi connectivity index (χ0v) is 19.7. The van der Waals surface area contributed by atoms with Crippen molar-refractivity contribution in [3.8, 4) is 11.4 Å². The van der Waals surface area contributed by atoms with Crippen molar-refractivity contribution >= 4 is 27.3 Å². The molecule has 1 saturated carbocycles. The number of benzene rings is 1.